The van der Waals surface area contributed by atoms with Crippen molar-refractivity contribution in [1.29, 1.82) is 0 Å². The summed E-state index contributed by atoms with van der Waals surface area (Å²) in [5, 5.41) is 0. The van der Waals surface area contributed by atoms with Gasteiger partial charge < -0.3 is 14.4 Å². The highest BCUT2D eigenvalue weighted by atomic mass is 35.5. The lowest BCUT2D eigenvalue weighted by Gasteiger charge is -2.25. The van der Waals surface area contributed by atoms with Crippen LogP contribution in [0.4, 0.5) is 0 Å². The molecule has 0 fully saturated rings. The normalized spacial score (nSPS) is 11.1. The molecule has 0 bridgehead atoms. The molecule has 27 heavy (non-hydrogen) atoms. The highest BCUT2D eigenvalue weighted by molar-refractivity contribution is 5.85. The van der Waals surface area contributed by atoms with E-state index in [1.54, 1.807) is 0 Å². The van der Waals surface area contributed by atoms with Crippen LogP contribution < -0.4 is 0 Å². The Hall–Kier alpha value is -1.59. The van der Waals surface area contributed by atoms with Crippen LogP contribution in [0.5, 0.6) is 0 Å². The van der Waals surface area contributed by atoms with Crippen LogP contribution >= 0.6 is 24.8 Å². The van der Waals surface area contributed by atoms with Crippen LogP contribution in [-0.2, 0) is 6.54 Å². The van der Waals surface area contributed by atoms with Gasteiger partial charge >= 0.3 is 0 Å². The first-order valence-electron chi connectivity index (χ1n) is 8.83. The lowest BCUT2D eigenvalue weighted by molar-refractivity contribution is 0.298. The van der Waals surface area contributed by atoms with E-state index >= 15 is 0 Å². The molecule has 0 unspecified atom stereocenters. The maximum absolute atomic E-state index is 5.02. The molecule has 0 saturated heterocycles. The van der Waals surface area contributed by atoms with Crippen molar-refractivity contribution in [3.8, 4) is 0 Å². The van der Waals surface area contributed by atoms with Crippen LogP contribution in [0.2, 0.25) is 0 Å². The van der Waals surface area contributed by atoms with Gasteiger partial charge in [0.25, 0.3) is 0 Å². The molecule has 2 aromatic carbocycles. The quantitative estimate of drug-likeness (QED) is 0.586. The van der Waals surface area contributed by atoms with Crippen molar-refractivity contribution >= 4 is 35.8 Å². The molecule has 0 spiro atoms. The molecule has 3 aromatic rings. The SMILES string of the molecule is CN(C)CC(CN(C)C)c1nc2ccccc2n1Cc1ccccc1.Cl.Cl. The number of aromatic nitrogens is 2. The van der Waals surface area contributed by atoms with E-state index in [0.717, 1.165) is 25.2 Å². The van der Waals surface area contributed by atoms with Crippen LogP contribution in [0.1, 0.15) is 17.3 Å². The Morgan fingerprint density at radius 3 is 1.96 bits per heavy atom. The highest BCUT2D eigenvalue weighted by Crippen LogP contribution is 2.24. The molecule has 1 heterocycles. The van der Waals surface area contributed by atoms with E-state index in [1.165, 1.54) is 16.9 Å². The number of fused-ring (bicyclic) bond motifs is 1. The fourth-order valence-electron chi connectivity index (χ4n) is 3.44. The predicted molar refractivity (Wildman–Crippen MR) is 120 cm³/mol. The summed E-state index contributed by atoms with van der Waals surface area (Å²) < 4.78 is 2.39. The van der Waals surface area contributed by atoms with E-state index in [2.05, 4.69) is 97.2 Å². The van der Waals surface area contributed by atoms with Gasteiger partial charge in [0.2, 0.25) is 0 Å². The molecule has 0 N–H and O–H groups in total. The number of hydrogen-bond donors (Lipinski definition) is 0. The van der Waals surface area contributed by atoms with E-state index in [4.69, 9.17) is 4.98 Å². The highest BCUT2D eigenvalue weighted by Gasteiger charge is 2.22. The molecule has 0 aliphatic rings. The predicted octanol–water partition coefficient (Wildman–Crippen LogP) is 4.14. The molecule has 3 rings (SSSR count). The van der Waals surface area contributed by atoms with Crippen molar-refractivity contribution in [2.45, 2.75) is 12.5 Å². The van der Waals surface area contributed by atoms with Crippen LogP contribution in [0.15, 0.2) is 54.6 Å². The average molecular weight is 409 g/mol. The van der Waals surface area contributed by atoms with Crippen LogP contribution in [0.25, 0.3) is 11.0 Å². The smallest absolute Gasteiger partial charge is 0.115 e. The number of likely N-dealkylation sites (N-methyl/N-ethyl adjacent to an activating group) is 2. The minimum absolute atomic E-state index is 0. The maximum Gasteiger partial charge on any atom is 0.115 e. The number of imidazole rings is 1. The zero-order chi connectivity index (χ0) is 17.8. The Labute approximate surface area is 175 Å². The van der Waals surface area contributed by atoms with Gasteiger partial charge in [-0.2, -0.15) is 0 Å². The zero-order valence-electron chi connectivity index (χ0n) is 16.5. The van der Waals surface area contributed by atoms with E-state index in [0.29, 0.717) is 5.92 Å². The van der Waals surface area contributed by atoms with E-state index in [9.17, 15) is 0 Å². The molecule has 0 amide bonds. The maximum atomic E-state index is 5.02. The van der Waals surface area contributed by atoms with E-state index in [1.807, 2.05) is 0 Å². The fraction of sp³-hybridized carbons (Fsp3) is 0.381. The summed E-state index contributed by atoms with van der Waals surface area (Å²) in [6.45, 7) is 2.82. The topological polar surface area (TPSA) is 24.3 Å². The number of para-hydroxylation sites is 2. The summed E-state index contributed by atoms with van der Waals surface area (Å²) >= 11 is 0. The minimum atomic E-state index is 0. The first kappa shape index (κ1) is 23.4. The first-order chi connectivity index (χ1) is 12.0. The van der Waals surface area contributed by atoms with Crippen LogP contribution in [0, 0.1) is 0 Å². The van der Waals surface area contributed by atoms with Gasteiger partial charge in [0.15, 0.2) is 0 Å². The first-order valence-corrected chi connectivity index (χ1v) is 8.83. The molecular formula is C21H30Cl2N4. The van der Waals surface area contributed by atoms with Gasteiger partial charge in [-0.15, -0.1) is 24.8 Å². The molecule has 4 nitrogen and oxygen atoms in total. The van der Waals surface area contributed by atoms with Crippen molar-refractivity contribution in [2.24, 2.45) is 0 Å². The Balaban J connectivity index is 0.00000182. The molecule has 0 radical (unpaired) electrons. The Morgan fingerprint density at radius 2 is 1.37 bits per heavy atom. The lowest BCUT2D eigenvalue weighted by Crippen LogP contribution is -2.31. The molecule has 0 aliphatic heterocycles. The lowest BCUT2D eigenvalue weighted by atomic mass is 10.1. The van der Waals surface area contributed by atoms with E-state index < -0.39 is 0 Å². The van der Waals surface area contributed by atoms with Gasteiger partial charge in [-0.3, -0.25) is 0 Å². The molecule has 6 heteroatoms. The fourth-order valence-corrected chi connectivity index (χ4v) is 3.44. The molecule has 148 valence electrons. The Bertz CT molecular complexity index is 805. The monoisotopic (exact) mass is 408 g/mol. The van der Waals surface area contributed by atoms with Crippen molar-refractivity contribution in [3.63, 3.8) is 0 Å². The molecular weight excluding hydrogens is 379 g/mol. The van der Waals surface area contributed by atoms with Crippen molar-refractivity contribution in [1.82, 2.24) is 19.4 Å². The van der Waals surface area contributed by atoms with Crippen molar-refractivity contribution in [3.05, 3.63) is 66.0 Å². The van der Waals surface area contributed by atoms with Gasteiger partial charge in [0.1, 0.15) is 5.82 Å². The third-order valence-electron chi connectivity index (χ3n) is 4.40. The van der Waals surface area contributed by atoms with Gasteiger partial charge in [0, 0.05) is 25.6 Å². The molecule has 0 aliphatic carbocycles. The third-order valence-corrected chi connectivity index (χ3v) is 4.40. The number of nitrogens with zero attached hydrogens (tertiary/aromatic N) is 4. The second kappa shape index (κ2) is 10.7. The summed E-state index contributed by atoms with van der Waals surface area (Å²) in [6, 6.07) is 19.1. The summed E-state index contributed by atoms with van der Waals surface area (Å²) in [7, 11) is 8.53. The Kier molecular flexibility index (Phi) is 9.27. The summed E-state index contributed by atoms with van der Waals surface area (Å²) in [4.78, 5) is 9.53. The second-order valence-corrected chi connectivity index (χ2v) is 7.25. The van der Waals surface area contributed by atoms with Crippen LogP contribution in [-0.4, -0.2) is 60.6 Å². The molecule has 0 atom stereocenters. The zero-order valence-corrected chi connectivity index (χ0v) is 18.1. The molecule has 1 aromatic heterocycles. The van der Waals surface area contributed by atoms with Gasteiger partial charge in [-0.05, 0) is 45.9 Å². The summed E-state index contributed by atoms with van der Waals surface area (Å²) in [5.41, 5.74) is 3.60. The number of hydrogen-bond acceptors (Lipinski definition) is 3. The second-order valence-electron chi connectivity index (χ2n) is 7.25. The average Bonchev–Trinajstić information content (AvgIpc) is 2.93. The number of rotatable bonds is 7. The van der Waals surface area contributed by atoms with Gasteiger partial charge in [-0.25, -0.2) is 4.98 Å². The largest absolute Gasteiger partial charge is 0.323 e. The van der Waals surface area contributed by atoms with Gasteiger partial charge in [-0.1, -0.05) is 42.5 Å². The van der Waals surface area contributed by atoms with E-state index in [-0.39, 0.29) is 24.8 Å². The minimum Gasteiger partial charge on any atom is -0.323 e. The van der Waals surface area contributed by atoms with Gasteiger partial charge in [0.05, 0.1) is 11.0 Å². The summed E-state index contributed by atoms with van der Waals surface area (Å²) in [5.74, 6) is 1.54. The number of benzene rings is 2. The number of halogens is 2. The Morgan fingerprint density at radius 1 is 0.815 bits per heavy atom. The third kappa shape index (κ3) is 5.94. The summed E-state index contributed by atoms with van der Waals surface area (Å²) in [6.07, 6.45) is 0. The molecule has 0 saturated carbocycles. The van der Waals surface area contributed by atoms with Crippen molar-refractivity contribution in [2.75, 3.05) is 41.3 Å². The van der Waals surface area contributed by atoms with Crippen LogP contribution in [0.3, 0.4) is 0 Å². The van der Waals surface area contributed by atoms with Crippen molar-refractivity contribution < 1.29 is 0 Å². The standard InChI is InChI=1S/C21H28N4.2ClH/c1-23(2)15-18(16-24(3)4)21-22-19-12-8-9-13-20(19)25(21)14-17-10-6-5-7-11-17;;/h5-13,18H,14-16H2,1-4H3;2*1H.